The molecule has 1 fully saturated rings. The van der Waals surface area contributed by atoms with E-state index in [1.165, 1.54) is 35.0 Å². The van der Waals surface area contributed by atoms with E-state index in [9.17, 15) is 22.7 Å². The highest BCUT2D eigenvalue weighted by molar-refractivity contribution is 7.91. The first-order chi connectivity index (χ1) is 17.6. The van der Waals surface area contributed by atoms with Gasteiger partial charge in [0.1, 0.15) is 5.82 Å². The van der Waals surface area contributed by atoms with Crippen molar-refractivity contribution in [1.82, 2.24) is 15.1 Å². The average Bonchev–Trinajstić information content (AvgIpc) is 3.20. The number of fused-ring (bicyclic) bond motifs is 1. The zero-order valence-corrected chi connectivity index (χ0v) is 22.0. The van der Waals surface area contributed by atoms with E-state index in [2.05, 4.69) is 10.4 Å². The van der Waals surface area contributed by atoms with E-state index in [0.29, 0.717) is 40.4 Å². The van der Waals surface area contributed by atoms with Crippen LogP contribution in [0.25, 0.3) is 17.3 Å². The lowest BCUT2D eigenvalue weighted by atomic mass is 9.92. The lowest BCUT2D eigenvalue weighted by molar-refractivity contribution is 0.0713. The summed E-state index contributed by atoms with van der Waals surface area (Å²) in [5.74, 6) is -1.66. The first-order valence-electron chi connectivity index (χ1n) is 11.8. The van der Waals surface area contributed by atoms with Crippen LogP contribution < -0.4 is 5.32 Å². The van der Waals surface area contributed by atoms with Crippen molar-refractivity contribution in [3.8, 4) is 5.69 Å². The summed E-state index contributed by atoms with van der Waals surface area (Å²) in [5.41, 5.74) is 2.02. The van der Waals surface area contributed by atoms with Crippen molar-refractivity contribution in [2.24, 2.45) is 0 Å². The van der Waals surface area contributed by atoms with Crippen molar-refractivity contribution in [1.29, 1.82) is 0 Å². The number of rotatable bonds is 4. The van der Waals surface area contributed by atoms with Crippen LogP contribution in [0.15, 0.2) is 42.5 Å². The Balaban J connectivity index is 1.68. The van der Waals surface area contributed by atoms with E-state index in [-0.39, 0.29) is 27.8 Å². The van der Waals surface area contributed by atoms with Crippen molar-refractivity contribution >= 4 is 50.6 Å². The molecule has 5 rings (SSSR count). The zero-order chi connectivity index (χ0) is 26.3. The van der Waals surface area contributed by atoms with Crippen LogP contribution >= 0.6 is 23.2 Å². The van der Waals surface area contributed by atoms with Gasteiger partial charge in [-0.15, -0.1) is 0 Å². The quantitative estimate of drug-likeness (QED) is 0.473. The number of hydrogen-bond acceptors (Lipinski definition) is 5. The Kier molecular flexibility index (Phi) is 7.15. The van der Waals surface area contributed by atoms with Crippen LogP contribution in [0.2, 0.25) is 10.0 Å². The Morgan fingerprint density at radius 3 is 2.54 bits per heavy atom. The fourth-order valence-electron chi connectivity index (χ4n) is 4.89. The van der Waals surface area contributed by atoms with Gasteiger partial charge in [-0.3, -0.25) is 4.79 Å². The normalized spacial score (nSPS) is 22.0. The smallest absolute Gasteiger partial charge is 0.272 e. The van der Waals surface area contributed by atoms with E-state index in [1.807, 2.05) is 0 Å². The van der Waals surface area contributed by atoms with Crippen molar-refractivity contribution in [2.45, 2.75) is 43.6 Å². The molecule has 1 aliphatic carbocycles. The molecule has 194 valence electrons. The molecule has 2 aromatic carbocycles. The van der Waals surface area contributed by atoms with Crippen LogP contribution in [0.5, 0.6) is 0 Å². The molecule has 0 radical (unpaired) electrons. The standard InChI is InChI=1S/C26H24Cl2FN3O4S/c27-17-7-10-22(20(28)12-17)32-25-16(11-15-5-8-18(29)9-6-15)13-37(35,36)14-19(25)24(31-32)26(34)30-21-3-1-2-4-23(21)33/h5-12,21,23,33H,1-4,13-14H2,(H,30,34)/t21-,23-/m0/s1. The van der Waals surface area contributed by atoms with E-state index >= 15 is 0 Å². The third-order valence-electron chi connectivity index (χ3n) is 6.64. The van der Waals surface area contributed by atoms with Crippen LogP contribution in [0.4, 0.5) is 4.39 Å². The number of nitrogens with one attached hydrogen (secondary N) is 1. The minimum absolute atomic E-state index is 0.0490. The molecule has 2 N–H and O–H groups in total. The van der Waals surface area contributed by atoms with Gasteiger partial charge in [0.2, 0.25) is 0 Å². The number of carbonyl (C=O) groups excluding carboxylic acids is 1. The first-order valence-corrected chi connectivity index (χ1v) is 14.4. The highest BCUT2D eigenvalue weighted by atomic mass is 35.5. The van der Waals surface area contributed by atoms with E-state index < -0.39 is 33.7 Å². The number of amides is 1. The number of nitrogens with zero attached hydrogens (tertiary/aromatic N) is 2. The second kappa shape index (κ2) is 10.2. The summed E-state index contributed by atoms with van der Waals surface area (Å²) in [6, 6.07) is 10.00. The molecule has 11 heteroatoms. The molecule has 0 saturated heterocycles. The van der Waals surface area contributed by atoms with Gasteiger partial charge in [0.15, 0.2) is 15.5 Å². The average molecular weight is 564 g/mol. The fourth-order valence-corrected chi connectivity index (χ4v) is 6.89. The van der Waals surface area contributed by atoms with Crippen molar-refractivity contribution in [3.05, 3.63) is 80.8 Å². The molecule has 2 heterocycles. The van der Waals surface area contributed by atoms with E-state index in [0.717, 1.165) is 12.8 Å². The number of carbonyl (C=O) groups is 1. The number of aromatic nitrogens is 2. The van der Waals surface area contributed by atoms with E-state index in [4.69, 9.17) is 23.2 Å². The summed E-state index contributed by atoms with van der Waals surface area (Å²) in [4.78, 5) is 13.4. The van der Waals surface area contributed by atoms with Crippen molar-refractivity contribution in [2.75, 3.05) is 5.75 Å². The number of halogens is 3. The molecule has 2 aliphatic rings. The van der Waals surface area contributed by atoms with Crippen molar-refractivity contribution < 1.29 is 22.7 Å². The molecule has 3 aromatic rings. The molecule has 7 nitrogen and oxygen atoms in total. The lowest BCUT2D eigenvalue weighted by Crippen LogP contribution is -2.45. The Morgan fingerprint density at radius 2 is 1.84 bits per heavy atom. The fraction of sp³-hybridized carbons (Fsp3) is 0.308. The predicted molar refractivity (Wildman–Crippen MR) is 141 cm³/mol. The first kappa shape index (κ1) is 25.9. The number of aliphatic hydroxyl groups excluding tert-OH is 1. The van der Waals surface area contributed by atoms with Crippen molar-refractivity contribution in [3.63, 3.8) is 0 Å². The monoisotopic (exact) mass is 563 g/mol. The maximum absolute atomic E-state index is 13.5. The molecule has 0 spiro atoms. The molecule has 1 aliphatic heterocycles. The van der Waals surface area contributed by atoms with Gasteiger partial charge in [-0.1, -0.05) is 48.2 Å². The van der Waals surface area contributed by atoms with Crippen LogP contribution in [-0.2, 0) is 15.6 Å². The second-order valence-electron chi connectivity index (χ2n) is 9.37. The van der Waals surface area contributed by atoms with Crippen LogP contribution in [0.1, 0.15) is 53.0 Å². The predicted octanol–water partition coefficient (Wildman–Crippen LogP) is 4.82. The van der Waals surface area contributed by atoms with Gasteiger partial charge in [-0.05, 0) is 60.4 Å². The van der Waals surface area contributed by atoms with Crippen LogP contribution in [0, 0.1) is 5.82 Å². The third-order valence-corrected chi connectivity index (χ3v) is 8.65. The molecule has 1 amide bonds. The summed E-state index contributed by atoms with van der Waals surface area (Å²) >= 11 is 12.6. The zero-order valence-electron chi connectivity index (χ0n) is 19.6. The molecular formula is C26H24Cl2FN3O4S. The number of benzene rings is 2. The molecule has 1 aromatic heterocycles. The Labute approximate surface area is 223 Å². The van der Waals surface area contributed by atoms with Gasteiger partial charge in [-0.2, -0.15) is 5.10 Å². The minimum atomic E-state index is -3.64. The van der Waals surface area contributed by atoms with Crippen LogP contribution in [-0.4, -0.2) is 47.1 Å². The topological polar surface area (TPSA) is 101 Å². The number of hydrogen-bond donors (Lipinski definition) is 2. The van der Waals surface area contributed by atoms with Crippen LogP contribution in [0.3, 0.4) is 0 Å². The van der Waals surface area contributed by atoms with Gasteiger partial charge in [0.05, 0.1) is 40.1 Å². The van der Waals surface area contributed by atoms with Gasteiger partial charge in [-0.25, -0.2) is 17.5 Å². The summed E-state index contributed by atoms with van der Waals surface area (Å²) < 4.78 is 40.9. The van der Waals surface area contributed by atoms with Gasteiger partial charge < -0.3 is 10.4 Å². The number of sulfone groups is 1. The summed E-state index contributed by atoms with van der Waals surface area (Å²) in [7, 11) is -3.64. The molecule has 0 unspecified atom stereocenters. The molecule has 37 heavy (non-hydrogen) atoms. The SMILES string of the molecule is O=C(N[C@H]1CCCC[C@@H]1O)c1nn(-c2ccc(Cl)cc2Cl)c2c1CS(=O)(=O)CC2=Cc1ccc(F)cc1. The largest absolute Gasteiger partial charge is 0.391 e. The number of aliphatic hydroxyl groups is 1. The highest BCUT2D eigenvalue weighted by Gasteiger charge is 2.36. The minimum Gasteiger partial charge on any atom is -0.391 e. The molecule has 1 saturated carbocycles. The Morgan fingerprint density at radius 1 is 1.11 bits per heavy atom. The second-order valence-corrected chi connectivity index (χ2v) is 12.3. The highest BCUT2D eigenvalue weighted by Crippen LogP contribution is 2.37. The van der Waals surface area contributed by atoms with E-state index in [1.54, 1.807) is 18.2 Å². The maximum atomic E-state index is 13.5. The molecule has 2 atom stereocenters. The Bertz CT molecular complexity index is 1500. The summed E-state index contributed by atoms with van der Waals surface area (Å²) in [6.07, 6.45) is 3.91. The Hall–Kier alpha value is -2.72. The maximum Gasteiger partial charge on any atom is 0.272 e. The summed E-state index contributed by atoms with van der Waals surface area (Å²) in [6.45, 7) is 0. The van der Waals surface area contributed by atoms with Gasteiger partial charge >= 0.3 is 0 Å². The third kappa shape index (κ3) is 5.45. The lowest BCUT2D eigenvalue weighted by Gasteiger charge is -2.28. The summed E-state index contributed by atoms with van der Waals surface area (Å²) in [5, 5.41) is 18.4. The van der Waals surface area contributed by atoms with Gasteiger partial charge in [0, 0.05) is 10.6 Å². The molecule has 0 bridgehead atoms. The van der Waals surface area contributed by atoms with Gasteiger partial charge in [0.25, 0.3) is 5.91 Å². The molecular weight excluding hydrogens is 540 g/mol.